The molecule has 0 unspecified atom stereocenters. The predicted molar refractivity (Wildman–Crippen MR) is 119 cm³/mol. The second kappa shape index (κ2) is 9.83. The molecular formula is C28H17F7. The van der Waals surface area contributed by atoms with Crippen LogP contribution in [0.5, 0.6) is 0 Å². The first-order valence-electron chi connectivity index (χ1n) is 10.7. The van der Waals surface area contributed by atoms with E-state index < -0.39 is 46.3 Å². The van der Waals surface area contributed by atoms with Crippen molar-refractivity contribution < 1.29 is 30.7 Å². The highest BCUT2D eigenvalue weighted by molar-refractivity contribution is 5.84. The van der Waals surface area contributed by atoms with E-state index in [1.54, 1.807) is 6.92 Å². The molecule has 0 amide bonds. The van der Waals surface area contributed by atoms with Gasteiger partial charge < -0.3 is 0 Å². The zero-order valence-corrected chi connectivity index (χ0v) is 18.4. The minimum absolute atomic E-state index is 0.000771. The minimum atomic E-state index is -1.59. The summed E-state index contributed by atoms with van der Waals surface area (Å²) < 4.78 is 98.2. The van der Waals surface area contributed by atoms with E-state index in [0.717, 1.165) is 18.2 Å². The number of hydrogen-bond donors (Lipinski definition) is 0. The Labute approximate surface area is 197 Å². The molecule has 0 saturated heterocycles. The maximum absolute atomic E-state index is 14.6. The number of halogens is 7. The van der Waals surface area contributed by atoms with E-state index in [4.69, 9.17) is 0 Å². The molecule has 0 heterocycles. The van der Waals surface area contributed by atoms with E-state index in [1.165, 1.54) is 30.3 Å². The zero-order chi connectivity index (χ0) is 25.3. The van der Waals surface area contributed by atoms with Crippen LogP contribution in [0.1, 0.15) is 34.7 Å². The molecule has 0 aliphatic rings. The van der Waals surface area contributed by atoms with Gasteiger partial charge in [-0.25, -0.2) is 30.7 Å². The Kier molecular flexibility index (Phi) is 6.83. The molecule has 0 aromatic heterocycles. The second-order valence-electron chi connectivity index (χ2n) is 8.00. The van der Waals surface area contributed by atoms with E-state index in [0.29, 0.717) is 12.0 Å². The Balaban J connectivity index is 1.57. The zero-order valence-electron chi connectivity index (χ0n) is 18.4. The van der Waals surface area contributed by atoms with Gasteiger partial charge in [-0.15, -0.1) is 0 Å². The molecule has 4 rings (SSSR count). The summed E-state index contributed by atoms with van der Waals surface area (Å²) in [7, 11) is 0. The van der Waals surface area contributed by atoms with Gasteiger partial charge >= 0.3 is 0 Å². The van der Waals surface area contributed by atoms with Crippen LogP contribution in [0.15, 0.2) is 48.5 Å². The molecule has 0 N–H and O–H groups in total. The van der Waals surface area contributed by atoms with Crippen LogP contribution in [0.2, 0.25) is 0 Å². The average molecular weight is 486 g/mol. The number of hydrogen-bond acceptors (Lipinski definition) is 0. The summed E-state index contributed by atoms with van der Waals surface area (Å²) in [5, 5.41) is -0.121. The number of aryl methyl sites for hydroxylation is 2. The molecule has 0 bridgehead atoms. The Morgan fingerprint density at radius 3 is 1.86 bits per heavy atom. The van der Waals surface area contributed by atoms with E-state index >= 15 is 0 Å². The van der Waals surface area contributed by atoms with Gasteiger partial charge in [-0.05, 0) is 78.2 Å². The standard InChI is InChI=1S/C28H17F7/c1-2-15-10-22(29)21(23(30)11-15)8-5-17-12-24(31)20(25(32)13-17)7-4-16-3-6-19-18(9-16)14-26(33)28(35)27(19)34/h3,6,9-14H,2,5,8H2,1H3. The lowest BCUT2D eigenvalue weighted by molar-refractivity contribution is 0.453. The van der Waals surface area contributed by atoms with Gasteiger partial charge in [0.15, 0.2) is 17.5 Å². The number of fused-ring (bicyclic) bond motifs is 1. The topological polar surface area (TPSA) is 0 Å². The Bertz CT molecular complexity index is 1460. The average Bonchev–Trinajstić information content (AvgIpc) is 2.81. The molecule has 0 fully saturated rings. The minimum Gasteiger partial charge on any atom is -0.207 e. The maximum Gasteiger partial charge on any atom is 0.195 e. The summed E-state index contributed by atoms with van der Waals surface area (Å²) in [6, 6.07) is 9.13. The van der Waals surface area contributed by atoms with Gasteiger partial charge in [0.2, 0.25) is 0 Å². The highest BCUT2D eigenvalue weighted by Crippen LogP contribution is 2.24. The van der Waals surface area contributed by atoms with Crippen molar-refractivity contribution in [3.8, 4) is 11.8 Å². The molecule has 0 radical (unpaired) electrons. The molecular weight excluding hydrogens is 469 g/mol. The number of benzene rings is 4. The van der Waals surface area contributed by atoms with E-state index in [1.807, 2.05) is 0 Å². The van der Waals surface area contributed by atoms with Crippen molar-refractivity contribution in [2.75, 3.05) is 0 Å². The van der Waals surface area contributed by atoms with E-state index in [-0.39, 0.29) is 40.3 Å². The molecule has 0 spiro atoms. The van der Waals surface area contributed by atoms with Crippen molar-refractivity contribution in [3.63, 3.8) is 0 Å². The SMILES string of the molecule is CCc1cc(F)c(CCc2cc(F)c(C#Cc3ccc4c(F)c(F)c(F)cc4c3)c(F)c2)c(F)c1. The van der Waals surface area contributed by atoms with Crippen molar-refractivity contribution in [3.05, 3.63) is 117 Å². The fourth-order valence-electron chi connectivity index (χ4n) is 3.77. The summed E-state index contributed by atoms with van der Waals surface area (Å²) in [5.41, 5.74) is 0.221. The third kappa shape index (κ3) is 5.02. The third-order valence-electron chi connectivity index (χ3n) is 5.68. The maximum atomic E-state index is 14.6. The van der Waals surface area contributed by atoms with Crippen molar-refractivity contribution in [2.45, 2.75) is 26.2 Å². The van der Waals surface area contributed by atoms with Gasteiger partial charge in [-0.3, -0.25) is 0 Å². The molecule has 4 aromatic rings. The lowest BCUT2D eigenvalue weighted by Crippen LogP contribution is -2.02. The van der Waals surface area contributed by atoms with Crippen molar-refractivity contribution in [1.29, 1.82) is 0 Å². The van der Waals surface area contributed by atoms with Crippen LogP contribution in [-0.4, -0.2) is 0 Å². The van der Waals surface area contributed by atoms with E-state index in [2.05, 4.69) is 11.8 Å². The highest BCUT2D eigenvalue weighted by atomic mass is 19.2. The summed E-state index contributed by atoms with van der Waals surface area (Å²) in [6.07, 6.45) is 0.383. The van der Waals surface area contributed by atoms with Crippen molar-refractivity contribution in [1.82, 2.24) is 0 Å². The van der Waals surface area contributed by atoms with Crippen LogP contribution in [-0.2, 0) is 19.3 Å². The molecule has 0 aliphatic heterocycles. The highest BCUT2D eigenvalue weighted by Gasteiger charge is 2.15. The first-order valence-corrected chi connectivity index (χ1v) is 10.7. The fraction of sp³-hybridized carbons (Fsp3) is 0.143. The Morgan fingerprint density at radius 2 is 1.23 bits per heavy atom. The fourth-order valence-corrected chi connectivity index (χ4v) is 3.77. The van der Waals surface area contributed by atoms with Gasteiger partial charge in [0, 0.05) is 16.5 Å². The molecule has 178 valence electrons. The normalized spacial score (nSPS) is 11.0. The summed E-state index contributed by atoms with van der Waals surface area (Å²) in [6.45, 7) is 1.77. The first kappa shape index (κ1) is 24.3. The van der Waals surface area contributed by atoms with Crippen LogP contribution < -0.4 is 0 Å². The lowest BCUT2D eigenvalue weighted by atomic mass is 10.00. The van der Waals surface area contributed by atoms with Gasteiger partial charge in [-0.2, -0.15) is 0 Å². The molecule has 0 saturated carbocycles. The van der Waals surface area contributed by atoms with Crippen LogP contribution in [0.3, 0.4) is 0 Å². The third-order valence-corrected chi connectivity index (χ3v) is 5.68. The monoisotopic (exact) mass is 486 g/mol. The summed E-state index contributed by atoms with van der Waals surface area (Å²) in [4.78, 5) is 0. The van der Waals surface area contributed by atoms with Crippen LogP contribution >= 0.6 is 0 Å². The van der Waals surface area contributed by atoms with Gasteiger partial charge in [0.25, 0.3) is 0 Å². The molecule has 7 heteroatoms. The Morgan fingerprint density at radius 1 is 0.600 bits per heavy atom. The van der Waals surface area contributed by atoms with E-state index in [9.17, 15) is 30.7 Å². The lowest BCUT2D eigenvalue weighted by Gasteiger charge is -2.08. The second-order valence-corrected chi connectivity index (χ2v) is 8.00. The molecule has 0 aliphatic carbocycles. The number of rotatable bonds is 4. The molecule has 4 aromatic carbocycles. The van der Waals surface area contributed by atoms with Crippen LogP contribution in [0.4, 0.5) is 30.7 Å². The largest absolute Gasteiger partial charge is 0.207 e. The Hall–Kier alpha value is -3.79. The van der Waals surface area contributed by atoms with Gasteiger partial charge in [0.1, 0.15) is 23.3 Å². The smallest absolute Gasteiger partial charge is 0.195 e. The molecule has 35 heavy (non-hydrogen) atoms. The summed E-state index contributed by atoms with van der Waals surface area (Å²) in [5.74, 6) is -2.76. The van der Waals surface area contributed by atoms with Crippen LogP contribution in [0.25, 0.3) is 10.8 Å². The predicted octanol–water partition coefficient (Wildman–Crippen LogP) is 7.56. The molecule has 0 nitrogen and oxygen atoms in total. The van der Waals surface area contributed by atoms with Gasteiger partial charge in [-0.1, -0.05) is 24.8 Å². The molecule has 0 atom stereocenters. The van der Waals surface area contributed by atoms with Crippen LogP contribution in [0, 0.1) is 52.6 Å². The first-order chi connectivity index (χ1) is 16.7. The summed E-state index contributed by atoms with van der Waals surface area (Å²) >= 11 is 0. The van der Waals surface area contributed by atoms with Gasteiger partial charge in [0.05, 0.1) is 5.56 Å². The van der Waals surface area contributed by atoms with Crippen molar-refractivity contribution in [2.24, 2.45) is 0 Å². The van der Waals surface area contributed by atoms with Crippen molar-refractivity contribution >= 4 is 10.8 Å². The quantitative estimate of drug-likeness (QED) is 0.159.